The topological polar surface area (TPSA) is 64.3 Å². The first-order valence-corrected chi connectivity index (χ1v) is 7.89. The largest absolute Gasteiger partial charge is 1.00 e. The third-order valence-electron chi connectivity index (χ3n) is 3.24. The molecule has 0 fully saturated rings. The number of ether oxygens (including phenoxy) is 1. The first-order valence-electron chi connectivity index (χ1n) is 6.32. The molecular formula is C15H8Cl3NO4S. The molecular weight excluding hydrogens is 397 g/mol. The van der Waals surface area contributed by atoms with Crippen LogP contribution in [0.5, 0.6) is 0 Å². The highest BCUT2D eigenvalue weighted by Gasteiger charge is 2.40. The van der Waals surface area contributed by atoms with Gasteiger partial charge in [-0.05, 0) is 6.07 Å². The van der Waals surface area contributed by atoms with E-state index in [1.54, 1.807) is 12.1 Å². The predicted molar refractivity (Wildman–Crippen MR) is 85.0 cm³/mol. The van der Waals surface area contributed by atoms with Crippen LogP contribution in [0.2, 0.25) is 5.02 Å². The van der Waals surface area contributed by atoms with Crippen LogP contribution < -0.4 is 17.0 Å². The number of halogens is 3. The van der Waals surface area contributed by atoms with Gasteiger partial charge in [0.25, 0.3) is 11.5 Å². The molecule has 0 amide bonds. The van der Waals surface area contributed by atoms with Gasteiger partial charge in [-0.1, -0.05) is 23.2 Å². The van der Waals surface area contributed by atoms with Crippen molar-refractivity contribution < 1.29 is 36.1 Å². The molecule has 24 heavy (non-hydrogen) atoms. The predicted octanol–water partition coefficient (Wildman–Crippen LogP) is -0.0338. The van der Waals surface area contributed by atoms with Gasteiger partial charge in [-0.25, -0.2) is 4.79 Å². The lowest BCUT2D eigenvalue weighted by molar-refractivity contribution is -0.577. The first-order chi connectivity index (χ1) is 10.9. The van der Waals surface area contributed by atoms with Crippen LogP contribution >= 0.6 is 34.5 Å². The van der Waals surface area contributed by atoms with Crippen LogP contribution in [0.3, 0.4) is 0 Å². The molecule has 0 atom stereocenters. The minimum Gasteiger partial charge on any atom is -1.00 e. The molecule has 2 aromatic heterocycles. The molecule has 0 spiro atoms. The van der Waals surface area contributed by atoms with Gasteiger partial charge in [0.2, 0.25) is 5.78 Å². The second-order valence-corrected chi connectivity index (χ2v) is 6.46. The van der Waals surface area contributed by atoms with E-state index in [0.717, 1.165) is 11.3 Å². The SMILES string of the molecule is COC(=O)c1cc2c(s1)C(=O)C(Cl)=C([n+]1ccc(Cl)cc1)C2=O.[Cl-]. The lowest BCUT2D eigenvalue weighted by Gasteiger charge is -2.09. The number of hydrogen-bond acceptors (Lipinski definition) is 5. The third kappa shape index (κ3) is 2.98. The summed E-state index contributed by atoms with van der Waals surface area (Å²) in [5.41, 5.74) is 0.164. The Bertz CT molecular complexity index is 887. The number of ketones is 2. The molecule has 0 radical (unpaired) electrons. The molecule has 3 rings (SSSR count). The van der Waals surface area contributed by atoms with Crippen molar-refractivity contribution in [2.24, 2.45) is 0 Å². The number of carbonyl (C=O) groups excluding carboxylic acids is 3. The standard InChI is InChI=1S/C15H8Cl2NO4S.ClH/c1-22-15(21)9-6-8-12(19)11(10(17)13(20)14(8)23-9)18-4-2-7(16)3-5-18;/h2-6H,1H3;1H/q+1;/p-1. The fourth-order valence-electron chi connectivity index (χ4n) is 2.15. The number of pyridine rings is 1. The average molecular weight is 405 g/mol. The van der Waals surface area contributed by atoms with Gasteiger partial charge in [0.1, 0.15) is 4.88 Å². The smallest absolute Gasteiger partial charge is 0.348 e. The van der Waals surface area contributed by atoms with Crippen LogP contribution in [0, 0.1) is 0 Å². The van der Waals surface area contributed by atoms with Gasteiger partial charge < -0.3 is 17.1 Å². The molecule has 0 saturated carbocycles. The van der Waals surface area contributed by atoms with E-state index < -0.39 is 17.5 Å². The van der Waals surface area contributed by atoms with Crippen molar-refractivity contribution in [3.63, 3.8) is 0 Å². The van der Waals surface area contributed by atoms with E-state index >= 15 is 0 Å². The number of rotatable bonds is 2. The molecule has 0 bridgehead atoms. The summed E-state index contributed by atoms with van der Waals surface area (Å²) in [5, 5.41) is 0.282. The van der Waals surface area contributed by atoms with Crippen LogP contribution in [0.15, 0.2) is 35.6 Å². The Hall–Kier alpha value is -1.73. The average Bonchev–Trinajstić information content (AvgIpc) is 3.00. The minimum atomic E-state index is -0.609. The van der Waals surface area contributed by atoms with Gasteiger partial charge in [-0.2, -0.15) is 4.57 Å². The number of aromatic nitrogens is 1. The molecule has 124 valence electrons. The summed E-state index contributed by atoms with van der Waals surface area (Å²) in [6, 6.07) is 4.49. The Morgan fingerprint density at radius 3 is 2.38 bits per heavy atom. The van der Waals surface area contributed by atoms with Crippen LogP contribution in [0.25, 0.3) is 5.70 Å². The summed E-state index contributed by atoms with van der Waals surface area (Å²) in [7, 11) is 1.23. The van der Waals surface area contributed by atoms with Crippen LogP contribution in [0.4, 0.5) is 0 Å². The monoisotopic (exact) mass is 403 g/mol. The quantitative estimate of drug-likeness (QED) is 0.521. The fourth-order valence-corrected chi connectivity index (χ4v) is 3.62. The molecule has 1 aliphatic rings. The van der Waals surface area contributed by atoms with Crippen LogP contribution in [-0.4, -0.2) is 24.6 Å². The number of esters is 1. The van der Waals surface area contributed by atoms with E-state index in [9.17, 15) is 14.4 Å². The molecule has 0 N–H and O–H groups in total. The van der Waals surface area contributed by atoms with Gasteiger partial charge in [-0.15, -0.1) is 11.3 Å². The molecule has 0 unspecified atom stereocenters. The number of Topliss-reactive ketones (excluding diaryl/α,β-unsaturated/α-hetero) is 2. The first kappa shape index (κ1) is 18.6. The summed E-state index contributed by atoms with van der Waals surface area (Å²) in [6.45, 7) is 0. The Morgan fingerprint density at radius 2 is 1.79 bits per heavy atom. The number of hydrogen-bond donors (Lipinski definition) is 0. The van der Waals surface area contributed by atoms with E-state index in [4.69, 9.17) is 23.2 Å². The van der Waals surface area contributed by atoms with E-state index in [2.05, 4.69) is 4.74 Å². The lowest BCUT2D eigenvalue weighted by Crippen LogP contribution is -3.00. The van der Waals surface area contributed by atoms with Gasteiger partial charge in [0.15, 0.2) is 17.4 Å². The summed E-state index contributed by atoms with van der Waals surface area (Å²) in [5.74, 6) is -1.55. The van der Waals surface area contributed by atoms with Gasteiger partial charge >= 0.3 is 5.97 Å². The molecule has 5 nitrogen and oxygen atoms in total. The number of allylic oxidation sites excluding steroid dienone is 2. The maximum Gasteiger partial charge on any atom is 0.348 e. The zero-order chi connectivity index (χ0) is 16.7. The Kier molecular flexibility index (Phi) is 5.45. The van der Waals surface area contributed by atoms with Crippen molar-refractivity contribution in [3.8, 4) is 0 Å². The normalized spacial score (nSPS) is 13.5. The minimum absolute atomic E-state index is 0. The Morgan fingerprint density at radius 1 is 1.17 bits per heavy atom. The van der Waals surface area contributed by atoms with Crippen molar-refractivity contribution >= 4 is 57.8 Å². The molecule has 0 aliphatic heterocycles. The summed E-state index contributed by atoms with van der Waals surface area (Å²) in [6.07, 6.45) is 3.06. The maximum atomic E-state index is 12.7. The van der Waals surface area contributed by atoms with Crippen molar-refractivity contribution in [3.05, 3.63) is 56.0 Å². The lowest BCUT2D eigenvalue weighted by atomic mass is 9.99. The van der Waals surface area contributed by atoms with Crippen molar-refractivity contribution in [1.82, 2.24) is 0 Å². The van der Waals surface area contributed by atoms with Gasteiger partial charge in [0.05, 0.1) is 22.6 Å². The Labute approximate surface area is 156 Å². The Balaban J connectivity index is 0.00000208. The summed E-state index contributed by atoms with van der Waals surface area (Å²) < 4.78 is 6.04. The molecule has 0 aromatic carbocycles. The maximum absolute atomic E-state index is 12.7. The van der Waals surface area contributed by atoms with Gasteiger partial charge in [0, 0.05) is 12.1 Å². The van der Waals surface area contributed by atoms with Crippen LogP contribution in [-0.2, 0) is 4.74 Å². The highest BCUT2D eigenvalue weighted by Crippen LogP contribution is 2.34. The number of carbonyl (C=O) groups is 3. The third-order valence-corrected chi connectivity index (χ3v) is 4.96. The zero-order valence-corrected chi connectivity index (χ0v) is 15.1. The van der Waals surface area contributed by atoms with E-state index in [-0.39, 0.29) is 38.5 Å². The van der Waals surface area contributed by atoms with Crippen molar-refractivity contribution in [1.29, 1.82) is 0 Å². The van der Waals surface area contributed by atoms with Crippen molar-refractivity contribution in [2.45, 2.75) is 0 Å². The van der Waals surface area contributed by atoms with Gasteiger partial charge in [-0.3, -0.25) is 9.59 Å². The van der Waals surface area contributed by atoms with Crippen LogP contribution in [0.1, 0.15) is 29.7 Å². The molecule has 9 heteroatoms. The zero-order valence-electron chi connectivity index (χ0n) is 12.0. The van der Waals surface area contributed by atoms with E-state index in [0.29, 0.717) is 5.02 Å². The fraction of sp³-hybridized carbons (Fsp3) is 0.0667. The van der Waals surface area contributed by atoms with Crippen molar-refractivity contribution in [2.75, 3.05) is 7.11 Å². The summed E-state index contributed by atoms with van der Waals surface area (Å²) in [4.78, 5) is 37.0. The second-order valence-electron chi connectivity index (χ2n) is 4.59. The number of fused-ring (bicyclic) bond motifs is 1. The molecule has 2 heterocycles. The molecule has 1 aliphatic carbocycles. The summed E-state index contributed by atoms with van der Waals surface area (Å²) >= 11 is 12.8. The number of thiophene rings is 1. The van der Waals surface area contributed by atoms with E-state index in [1.165, 1.54) is 30.1 Å². The molecule has 2 aromatic rings. The number of methoxy groups -OCH3 is 1. The highest BCUT2D eigenvalue weighted by molar-refractivity contribution is 7.16. The molecule has 0 saturated heterocycles. The highest BCUT2D eigenvalue weighted by atomic mass is 35.5. The van der Waals surface area contributed by atoms with E-state index in [1.807, 2.05) is 0 Å². The number of nitrogens with zero attached hydrogens (tertiary/aromatic N) is 1. The second kappa shape index (κ2) is 7.03.